The van der Waals surface area contributed by atoms with Gasteiger partial charge in [-0.15, -0.1) is 0 Å². The van der Waals surface area contributed by atoms with Gasteiger partial charge in [-0.1, -0.05) is 0 Å². The number of amides is 1. The molecule has 0 bridgehead atoms. The molecule has 0 unspecified atom stereocenters. The number of hydrogen-bond donors (Lipinski definition) is 1. The average Bonchev–Trinajstić information content (AvgIpc) is 2.71. The third-order valence-electron chi connectivity index (χ3n) is 4.10. The summed E-state index contributed by atoms with van der Waals surface area (Å²) < 4.78 is 101. The largest absolute Gasteiger partial charge is 0.619 e. The highest BCUT2D eigenvalue weighted by Gasteiger charge is 2.34. The molecule has 2 aromatic carbocycles. The maximum absolute atomic E-state index is 14.6. The Morgan fingerprint density at radius 2 is 1.65 bits per heavy atom. The number of benzene rings is 2. The van der Waals surface area contributed by atoms with Crippen LogP contribution in [-0.4, -0.2) is 18.7 Å². The maximum Gasteiger partial charge on any atom is 0.422 e. The van der Waals surface area contributed by atoms with Crippen molar-refractivity contribution in [1.82, 2.24) is 0 Å². The third kappa shape index (κ3) is 6.49. The van der Waals surface area contributed by atoms with Gasteiger partial charge < -0.3 is 20.0 Å². The maximum atomic E-state index is 14.6. The van der Waals surface area contributed by atoms with Gasteiger partial charge in [-0.25, -0.2) is 4.39 Å². The molecule has 34 heavy (non-hydrogen) atoms. The predicted octanol–water partition coefficient (Wildman–Crippen LogP) is 5.46. The number of aromatic nitrogens is 1. The molecule has 1 heterocycles. The Hall–Kier alpha value is -4.03. The lowest BCUT2D eigenvalue weighted by Gasteiger charge is -2.16. The number of anilines is 1. The van der Waals surface area contributed by atoms with Crippen LogP contribution in [-0.2, 0) is 6.18 Å². The zero-order valence-electron chi connectivity index (χ0n) is 16.7. The fraction of sp³-hybridized carbons (Fsp3) is 0.143. The minimum atomic E-state index is -4.98. The van der Waals surface area contributed by atoms with Crippen LogP contribution in [0.1, 0.15) is 15.9 Å². The van der Waals surface area contributed by atoms with Crippen LogP contribution < -0.4 is 19.5 Å². The number of nitrogens with one attached hydrogen (secondary N) is 1. The highest BCUT2D eigenvalue weighted by Crippen LogP contribution is 2.37. The molecule has 6 nitrogen and oxygen atoms in total. The second kappa shape index (κ2) is 9.45. The van der Waals surface area contributed by atoms with Gasteiger partial charge in [0.1, 0.15) is 34.3 Å². The Morgan fingerprint density at radius 1 is 1.00 bits per heavy atom. The van der Waals surface area contributed by atoms with E-state index in [2.05, 4.69) is 10.1 Å². The molecule has 0 aliphatic rings. The van der Waals surface area contributed by atoms with Crippen molar-refractivity contribution in [1.29, 1.82) is 0 Å². The van der Waals surface area contributed by atoms with Crippen LogP contribution in [0, 0.1) is 11.0 Å². The van der Waals surface area contributed by atoms with Gasteiger partial charge in [0.25, 0.3) is 5.91 Å². The molecule has 1 aromatic heterocycles. The van der Waals surface area contributed by atoms with Crippen molar-refractivity contribution in [2.24, 2.45) is 0 Å². The van der Waals surface area contributed by atoms with E-state index in [1.165, 1.54) is 12.1 Å². The van der Waals surface area contributed by atoms with E-state index in [-0.39, 0.29) is 23.3 Å². The van der Waals surface area contributed by atoms with Crippen molar-refractivity contribution in [3.05, 3.63) is 83.1 Å². The second-order valence-corrected chi connectivity index (χ2v) is 6.71. The molecule has 0 radical (unpaired) electrons. The van der Waals surface area contributed by atoms with Crippen molar-refractivity contribution in [2.45, 2.75) is 12.4 Å². The topological polar surface area (TPSA) is 74.5 Å². The molecule has 0 saturated carbocycles. The normalized spacial score (nSPS) is 11.7. The molecule has 180 valence electrons. The summed E-state index contributed by atoms with van der Waals surface area (Å²) in [6.45, 7) is -1.57. The van der Waals surface area contributed by atoms with E-state index >= 15 is 0 Å². The number of alkyl halides is 6. The first-order valence-corrected chi connectivity index (χ1v) is 9.20. The van der Waals surface area contributed by atoms with E-state index in [9.17, 15) is 40.7 Å². The van der Waals surface area contributed by atoms with Crippen molar-refractivity contribution in [3.63, 3.8) is 0 Å². The SMILES string of the molecule is O=C(Nc1ccc[n+]([O-])c1)c1c(F)cc(C(F)(F)F)cc1Oc1ccc(OCC(F)(F)F)cc1. The molecular formula is C21H13F7N2O4. The van der Waals surface area contributed by atoms with E-state index in [4.69, 9.17) is 4.74 Å². The molecule has 1 amide bonds. The lowest BCUT2D eigenvalue weighted by atomic mass is 10.1. The van der Waals surface area contributed by atoms with Crippen LogP contribution in [0.3, 0.4) is 0 Å². The Morgan fingerprint density at radius 3 is 2.24 bits per heavy atom. The van der Waals surface area contributed by atoms with Gasteiger partial charge in [0.05, 0.1) is 5.56 Å². The number of carbonyl (C=O) groups is 1. The fourth-order valence-electron chi connectivity index (χ4n) is 2.66. The monoisotopic (exact) mass is 490 g/mol. The van der Waals surface area contributed by atoms with Gasteiger partial charge in [-0.2, -0.15) is 31.1 Å². The summed E-state index contributed by atoms with van der Waals surface area (Å²) in [7, 11) is 0. The molecule has 0 spiro atoms. The number of halogens is 7. The summed E-state index contributed by atoms with van der Waals surface area (Å²) >= 11 is 0. The van der Waals surface area contributed by atoms with Gasteiger partial charge in [-0.3, -0.25) is 4.79 Å². The summed E-state index contributed by atoms with van der Waals surface area (Å²) in [6, 6.07) is 7.26. The summed E-state index contributed by atoms with van der Waals surface area (Å²) in [5.41, 5.74) is -2.41. The molecule has 3 aromatic rings. The average molecular weight is 490 g/mol. The minimum Gasteiger partial charge on any atom is -0.619 e. The first-order valence-electron chi connectivity index (χ1n) is 9.20. The van der Waals surface area contributed by atoms with E-state index in [1.807, 2.05) is 0 Å². The lowest BCUT2D eigenvalue weighted by Crippen LogP contribution is -2.26. The van der Waals surface area contributed by atoms with E-state index in [0.29, 0.717) is 10.8 Å². The third-order valence-corrected chi connectivity index (χ3v) is 4.10. The zero-order chi connectivity index (χ0) is 25.1. The Labute approximate surface area is 186 Å². The molecule has 0 atom stereocenters. The Balaban J connectivity index is 1.92. The van der Waals surface area contributed by atoms with Gasteiger partial charge in [0, 0.05) is 6.07 Å². The van der Waals surface area contributed by atoms with Gasteiger partial charge in [0.15, 0.2) is 12.8 Å². The fourth-order valence-corrected chi connectivity index (χ4v) is 2.66. The smallest absolute Gasteiger partial charge is 0.422 e. The molecule has 1 N–H and O–H groups in total. The van der Waals surface area contributed by atoms with Crippen LogP contribution in [0.5, 0.6) is 17.2 Å². The summed E-state index contributed by atoms with van der Waals surface area (Å²) in [4.78, 5) is 12.6. The van der Waals surface area contributed by atoms with Crippen molar-refractivity contribution >= 4 is 11.6 Å². The Bertz CT molecular complexity index is 1180. The number of hydrogen-bond acceptors (Lipinski definition) is 4. The highest BCUT2D eigenvalue weighted by molar-refractivity contribution is 6.06. The van der Waals surface area contributed by atoms with Crippen LogP contribution in [0.2, 0.25) is 0 Å². The highest BCUT2D eigenvalue weighted by atomic mass is 19.4. The number of rotatable bonds is 6. The first-order chi connectivity index (χ1) is 15.8. The molecule has 0 saturated heterocycles. The van der Waals surface area contributed by atoms with Gasteiger partial charge in [-0.05, 0) is 42.5 Å². The lowest BCUT2D eigenvalue weighted by molar-refractivity contribution is -0.604. The first kappa shape index (κ1) is 24.6. The van der Waals surface area contributed by atoms with Crippen LogP contribution >= 0.6 is 0 Å². The van der Waals surface area contributed by atoms with Gasteiger partial charge >= 0.3 is 12.4 Å². The molecular weight excluding hydrogens is 477 g/mol. The molecule has 0 aliphatic heterocycles. The summed E-state index contributed by atoms with van der Waals surface area (Å²) in [5.74, 6) is -4.02. The van der Waals surface area contributed by atoms with Crippen molar-refractivity contribution in [2.75, 3.05) is 11.9 Å². The standard InChI is InChI=1S/C21H13F7N2O4/c22-16-8-12(21(26,27)28)9-17(18(16)19(31)29-13-2-1-7-30(32)10-13)34-15-5-3-14(4-6-15)33-11-20(23,24)25/h1-10H,11H2,(H,29,31). The number of pyridine rings is 1. The zero-order valence-corrected chi connectivity index (χ0v) is 16.7. The van der Waals surface area contributed by atoms with E-state index in [0.717, 1.165) is 36.7 Å². The van der Waals surface area contributed by atoms with Gasteiger partial charge in [0.2, 0.25) is 6.20 Å². The molecule has 0 fully saturated rings. The van der Waals surface area contributed by atoms with Crippen LogP contribution in [0.15, 0.2) is 60.9 Å². The molecule has 3 rings (SSSR count). The molecule has 0 aliphatic carbocycles. The van der Waals surface area contributed by atoms with Crippen molar-refractivity contribution in [3.8, 4) is 17.2 Å². The number of ether oxygens (including phenoxy) is 2. The van der Waals surface area contributed by atoms with Crippen LogP contribution in [0.4, 0.5) is 36.4 Å². The summed E-state index contributed by atoms with van der Waals surface area (Å²) in [6.07, 6.45) is -7.53. The quantitative estimate of drug-likeness (QED) is 0.283. The Kier molecular flexibility index (Phi) is 6.84. The number of nitrogens with zero attached hydrogens (tertiary/aromatic N) is 1. The van der Waals surface area contributed by atoms with Crippen LogP contribution in [0.25, 0.3) is 0 Å². The second-order valence-electron chi connectivity index (χ2n) is 6.71. The number of carbonyl (C=O) groups excluding carboxylic acids is 1. The minimum absolute atomic E-state index is 0.0704. The van der Waals surface area contributed by atoms with E-state index in [1.54, 1.807) is 0 Å². The predicted molar refractivity (Wildman–Crippen MR) is 103 cm³/mol. The van der Waals surface area contributed by atoms with Crippen molar-refractivity contribution < 1.29 is 49.7 Å². The summed E-state index contributed by atoms with van der Waals surface area (Å²) in [5, 5.41) is 13.5. The van der Waals surface area contributed by atoms with E-state index < -0.39 is 47.6 Å². The molecule has 13 heteroatoms.